The van der Waals surface area contributed by atoms with Crippen molar-refractivity contribution in [3.05, 3.63) is 71.8 Å². The number of fused-ring (bicyclic) bond motifs is 1. The number of pyridine rings is 1. The smallest absolute Gasteiger partial charge is 0.361 e. The van der Waals surface area contributed by atoms with Gasteiger partial charge in [-0.2, -0.15) is 0 Å². The van der Waals surface area contributed by atoms with Crippen LogP contribution in [0.25, 0.3) is 10.9 Å². The fraction of sp³-hybridized carbons (Fsp3) is 0.424. The molecular formula is C33H42N3O8PS+2. The highest BCUT2D eigenvalue weighted by Crippen LogP contribution is 2.38. The molecule has 0 fully saturated rings. The number of aliphatic hydroxyl groups is 1. The molecule has 11 nitrogen and oxygen atoms in total. The summed E-state index contributed by atoms with van der Waals surface area (Å²) in [5.74, 6) is -4.10. The molecule has 0 radical (unpaired) electrons. The second kappa shape index (κ2) is 16.6. The molecule has 2 amide bonds. The van der Waals surface area contributed by atoms with Crippen molar-refractivity contribution in [1.29, 1.82) is 0 Å². The van der Waals surface area contributed by atoms with Crippen molar-refractivity contribution in [3.8, 4) is 0 Å². The van der Waals surface area contributed by atoms with E-state index in [2.05, 4.69) is 10.7 Å². The van der Waals surface area contributed by atoms with Crippen LogP contribution in [0.1, 0.15) is 56.5 Å². The van der Waals surface area contributed by atoms with Crippen LogP contribution in [0, 0.1) is 17.8 Å². The molecule has 0 saturated carbocycles. The van der Waals surface area contributed by atoms with E-state index in [-0.39, 0.29) is 36.9 Å². The molecule has 3 rings (SSSR count). The molecule has 0 bridgehead atoms. The largest absolute Gasteiger partial charge is 0.480 e. The molecule has 0 aliphatic rings. The number of rotatable bonds is 16. The number of methoxy groups -OCH3 is 1. The number of amides is 2. The number of esters is 1. The minimum atomic E-state index is -2.00. The Morgan fingerprint density at radius 1 is 0.957 bits per heavy atom. The van der Waals surface area contributed by atoms with Crippen LogP contribution in [0.15, 0.2) is 65.7 Å². The Hall–Kier alpha value is -3.86. The van der Waals surface area contributed by atoms with E-state index in [1.807, 2.05) is 58.0 Å². The number of carboxylic acids is 1. The van der Waals surface area contributed by atoms with Gasteiger partial charge in [-0.3, -0.25) is 14.4 Å². The normalized spacial score (nSPS) is 14.1. The summed E-state index contributed by atoms with van der Waals surface area (Å²) in [6, 6.07) is 16.3. The third-order valence-electron chi connectivity index (χ3n) is 7.35. The van der Waals surface area contributed by atoms with Gasteiger partial charge in [0, 0.05) is 23.1 Å². The molecule has 4 N–H and O–H groups in total. The van der Waals surface area contributed by atoms with E-state index in [1.165, 1.54) is 7.11 Å². The van der Waals surface area contributed by atoms with Crippen molar-refractivity contribution < 1.29 is 43.4 Å². The molecule has 0 saturated heterocycles. The van der Waals surface area contributed by atoms with E-state index >= 15 is 0 Å². The molecule has 4 atom stereocenters. The van der Waals surface area contributed by atoms with Crippen LogP contribution in [-0.4, -0.2) is 58.2 Å². The van der Waals surface area contributed by atoms with Crippen LogP contribution in [0.3, 0.4) is 0 Å². The lowest BCUT2D eigenvalue weighted by molar-refractivity contribution is -0.653. The number of hydrogen-bond acceptors (Lipinski definition) is 8. The number of nitrogens with one attached hydrogen (secondary N) is 2. The lowest BCUT2D eigenvalue weighted by Crippen LogP contribution is -2.52. The standard InChI is InChI=1S/C33H40N3O8PS/c1-20(2)16-25(31(39)34-26(32(40)41)17-21(3)4)33(42,45-43)19-46-28-15-14-23-8-6-7-9-27(23)36(28)35-30(38)24-12-10-22(11-13-24)18-29(37)44-5/h6-15,20-21,25-26,42H,16-19H2,1-5H3,(H2-,34,35,38,39,40,41)/p+2/t25?,26-,33?/m0/s1. The van der Waals surface area contributed by atoms with Gasteiger partial charge in [0.1, 0.15) is 12.0 Å². The predicted octanol–water partition coefficient (Wildman–Crippen LogP) is 4.31. The van der Waals surface area contributed by atoms with Gasteiger partial charge in [-0.05, 0) is 66.3 Å². The molecule has 0 spiro atoms. The van der Waals surface area contributed by atoms with Gasteiger partial charge in [-0.25, -0.2) is 4.79 Å². The Labute approximate surface area is 274 Å². The van der Waals surface area contributed by atoms with Gasteiger partial charge in [0.15, 0.2) is 0 Å². The molecular weight excluding hydrogens is 629 g/mol. The first-order valence-electron chi connectivity index (χ1n) is 15.0. The van der Waals surface area contributed by atoms with E-state index in [4.69, 9.17) is 4.74 Å². The number of aliphatic carboxylic acids is 1. The zero-order valence-electron chi connectivity index (χ0n) is 26.6. The summed E-state index contributed by atoms with van der Waals surface area (Å²) in [5, 5.41) is 23.3. The third kappa shape index (κ3) is 9.82. The van der Waals surface area contributed by atoms with Gasteiger partial charge >= 0.3 is 26.3 Å². The van der Waals surface area contributed by atoms with Gasteiger partial charge in [0.25, 0.3) is 10.4 Å². The summed E-state index contributed by atoms with van der Waals surface area (Å²) in [6.45, 7) is 7.41. The van der Waals surface area contributed by atoms with E-state index < -0.39 is 49.5 Å². The van der Waals surface area contributed by atoms with Gasteiger partial charge in [-0.15, -0.1) is 5.43 Å². The highest BCUT2D eigenvalue weighted by Gasteiger charge is 2.50. The molecule has 1 aromatic heterocycles. The Morgan fingerprint density at radius 3 is 2.20 bits per heavy atom. The number of thioether (sulfide) groups is 1. The van der Waals surface area contributed by atoms with Crippen molar-refractivity contribution in [1.82, 2.24) is 5.32 Å². The van der Waals surface area contributed by atoms with Gasteiger partial charge in [0.2, 0.25) is 11.4 Å². The quantitative estimate of drug-likeness (QED) is 0.0752. The zero-order valence-corrected chi connectivity index (χ0v) is 28.4. The van der Waals surface area contributed by atoms with Crippen LogP contribution in [0.4, 0.5) is 0 Å². The summed E-state index contributed by atoms with van der Waals surface area (Å²) >= 11 is 1.11. The van der Waals surface area contributed by atoms with E-state index in [0.29, 0.717) is 21.7 Å². The molecule has 1 heterocycles. The molecule has 3 aromatic rings. The zero-order chi connectivity index (χ0) is 34.0. The van der Waals surface area contributed by atoms with Crippen LogP contribution in [0.5, 0.6) is 0 Å². The minimum Gasteiger partial charge on any atom is -0.480 e. The molecule has 246 valence electrons. The van der Waals surface area contributed by atoms with E-state index in [9.17, 15) is 34.0 Å². The Balaban J connectivity index is 1.91. The molecule has 46 heavy (non-hydrogen) atoms. The second-order valence-corrected chi connectivity index (χ2v) is 14.0. The van der Waals surface area contributed by atoms with Gasteiger partial charge < -0.3 is 20.3 Å². The molecule has 3 unspecified atom stereocenters. The fourth-order valence-corrected chi connectivity index (χ4v) is 6.78. The van der Waals surface area contributed by atoms with Crippen LogP contribution >= 0.6 is 20.2 Å². The van der Waals surface area contributed by atoms with Crippen molar-refractivity contribution in [2.75, 3.05) is 18.3 Å². The fourth-order valence-electron chi connectivity index (χ4n) is 4.93. The van der Waals surface area contributed by atoms with Crippen molar-refractivity contribution in [3.63, 3.8) is 0 Å². The lowest BCUT2D eigenvalue weighted by Gasteiger charge is -2.27. The summed E-state index contributed by atoms with van der Waals surface area (Å²) in [6.07, 6.45) is 0.449. The highest BCUT2D eigenvalue weighted by atomic mass is 32.2. The molecule has 0 aliphatic heterocycles. The maximum absolute atomic E-state index is 13.5. The number of ether oxygens (including phenoxy) is 1. The lowest BCUT2D eigenvalue weighted by atomic mass is 9.90. The SMILES string of the molecule is COC(=O)Cc1ccc(C(=O)N[n+]2c(SCC(O)([PH+]=O)C(CC(C)C)C(=O)N[C@@H](CC(C)C)C(=O)O)ccc3ccccc32)cc1. The number of aromatic nitrogens is 1. The van der Waals surface area contributed by atoms with Crippen LogP contribution in [0.2, 0.25) is 0 Å². The number of carboxylic acid groups (broad SMARTS) is 1. The summed E-state index contributed by atoms with van der Waals surface area (Å²) in [4.78, 5) is 50.3. The second-order valence-electron chi connectivity index (χ2n) is 12.0. The predicted molar refractivity (Wildman–Crippen MR) is 177 cm³/mol. The number of nitrogens with zero attached hydrogens (tertiary/aromatic N) is 1. The number of carbonyl (C=O) groups is 4. The monoisotopic (exact) mass is 671 g/mol. The summed E-state index contributed by atoms with van der Waals surface area (Å²) in [7, 11) is 0.0152. The number of hydrogen-bond donors (Lipinski definition) is 4. The van der Waals surface area contributed by atoms with Crippen molar-refractivity contribution >= 4 is 54.9 Å². The van der Waals surface area contributed by atoms with Gasteiger partial charge in [-0.1, -0.05) is 61.2 Å². The van der Waals surface area contributed by atoms with Crippen LogP contribution in [-0.2, 0) is 30.1 Å². The minimum absolute atomic E-state index is 0.00266. The van der Waals surface area contributed by atoms with Crippen molar-refractivity contribution in [2.45, 2.75) is 63.4 Å². The Morgan fingerprint density at radius 2 is 1.61 bits per heavy atom. The topological polar surface area (TPSA) is 163 Å². The number of para-hydroxylation sites is 1. The average Bonchev–Trinajstić information content (AvgIpc) is 3.02. The molecule has 0 aliphatic carbocycles. The first-order valence-corrected chi connectivity index (χ1v) is 16.9. The van der Waals surface area contributed by atoms with Gasteiger partial charge in [0.05, 0.1) is 19.3 Å². The molecule has 2 aromatic carbocycles. The Bertz CT molecular complexity index is 1570. The maximum atomic E-state index is 13.5. The van der Waals surface area contributed by atoms with E-state index in [1.54, 1.807) is 35.0 Å². The number of benzene rings is 2. The Kier molecular flexibility index (Phi) is 13.2. The first kappa shape index (κ1) is 36.6. The summed E-state index contributed by atoms with van der Waals surface area (Å²) in [5.41, 5.74) is 4.59. The first-order chi connectivity index (χ1) is 21.8. The summed E-state index contributed by atoms with van der Waals surface area (Å²) < 4.78 is 18.9. The van der Waals surface area contributed by atoms with E-state index in [0.717, 1.165) is 17.1 Å². The number of carbonyl (C=O) groups excluding carboxylic acids is 3. The van der Waals surface area contributed by atoms with Crippen molar-refractivity contribution in [2.24, 2.45) is 17.8 Å². The van der Waals surface area contributed by atoms with Crippen LogP contribution < -0.4 is 15.4 Å². The third-order valence-corrected chi connectivity index (χ3v) is 9.68. The average molecular weight is 672 g/mol. The molecule has 13 heteroatoms. The maximum Gasteiger partial charge on any atom is 0.361 e. The highest BCUT2D eigenvalue weighted by molar-refractivity contribution is 7.99.